The molecule has 112 valence electrons. The summed E-state index contributed by atoms with van der Waals surface area (Å²) in [6, 6.07) is 6.02. The highest BCUT2D eigenvalue weighted by Crippen LogP contribution is 2.24. The number of benzene rings is 1. The van der Waals surface area contributed by atoms with Crippen molar-refractivity contribution in [1.82, 2.24) is 0 Å². The normalized spacial score (nSPS) is 33.8. The molecular formula is C13H19NO6. The molecule has 0 radical (unpaired) electrons. The summed E-state index contributed by atoms with van der Waals surface area (Å²) >= 11 is 0. The van der Waals surface area contributed by atoms with Gasteiger partial charge in [-0.1, -0.05) is 0 Å². The van der Waals surface area contributed by atoms with Crippen molar-refractivity contribution in [3.05, 3.63) is 24.3 Å². The van der Waals surface area contributed by atoms with Crippen molar-refractivity contribution in [3.8, 4) is 5.75 Å². The Kier molecular flexibility index (Phi) is 4.79. The van der Waals surface area contributed by atoms with Crippen LogP contribution in [0.3, 0.4) is 0 Å². The number of aliphatic hydroxyl groups excluding tert-OH is 4. The van der Waals surface area contributed by atoms with Gasteiger partial charge in [0.2, 0.25) is 0 Å². The maximum absolute atomic E-state index is 10.0. The zero-order valence-corrected chi connectivity index (χ0v) is 11.0. The van der Waals surface area contributed by atoms with Gasteiger partial charge in [-0.25, -0.2) is 0 Å². The lowest BCUT2D eigenvalue weighted by Gasteiger charge is -2.40. The van der Waals surface area contributed by atoms with Crippen molar-refractivity contribution in [2.45, 2.75) is 30.6 Å². The first-order chi connectivity index (χ1) is 9.56. The maximum atomic E-state index is 10.0. The average molecular weight is 285 g/mol. The van der Waals surface area contributed by atoms with Gasteiger partial charge in [-0.2, -0.15) is 0 Å². The van der Waals surface area contributed by atoms with Gasteiger partial charge in [-0.05, 0) is 24.3 Å². The van der Waals surface area contributed by atoms with E-state index in [1.165, 1.54) is 0 Å². The van der Waals surface area contributed by atoms with Gasteiger partial charge in [-0.15, -0.1) is 0 Å². The van der Waals surface area contributed by atoms with E-state index in [0.717, 1.165) is 0 Å². The second kappa shape index (κ2) is 6.38. The summed E-state index contributed by atoms with van der Waals surface area (Å²) in [5, 5.41) is 41.5. The van der Waals surface area contributed by atoms with Gasteiger partial charge in [0.05, 0.1) is 19.8 Å². The minimum Gasteiger partial charge on any atom is -0.497 e. The Morgan fingerprint density at radius 2 is 1.80 bits per heavy atom. The topological polar surface area (TPSA) is 111 Å². The van der Waals surface area contributed by atoms with E-state index in [1.807, 2.05) is 0 Å². The summed E-state index contributed by atoms with van der Waals surface area (Å²) in [6.07, 6.45) is -4.88. The molecule has 5 atom stereocenters. The van der Waals surface area contributed by atoms with Gasteiger partial charge >= 0.3 is 0 Å². The summed E-state index contributed by atoms with van der Waals surface area (Å²) in [7, 11) is 1.55. The predicted molar refractivity (Wildman–Crippen MR) is 70.4 cm³/mol. The maximum Gasteiger partial charge on any atom is 0.183 e. The molecule has 1 aliphatic heterocycles. The molecule has 20 heavy (non-hydrogen) atoms. The molecule has 1 aromatic carbocycles. The molecule has 1 fully saturated rings. The molecule has 2 rings (SSSR count). The zero-order valence-electron chi connectivity index (χ0n) is 11.0. The van der Waals surface area contributed by atoms with Crippen molar-refractivity contribution in [2.75, 3.05) is 19.0 Å². The minimum atomic E-state index is -1.47. The first kappa shape index (κ1) is 15.0. The molecule has 1 heterocycles. The van der Waals surface area contributed by atoms with E-state index in [-0.39, 0.29) is 0 Å². The number of hydrogen-bond donors (Lipinski definition) is 5. The highest BCUT2D eigenvalue weighted by Gasteiger charge is 2.43. The second-order valence-corrected chi connectivity index (χ2v) is 4.63. The van der Waals surface area contributed by atoms with Gasteiger partial charge in [0.1, 0.15) is 24.1 Å². The summed E-state index contributed by atoms with van der Waals surface area (Å²) in [6.45, 7) is -0.453. The van der Waals surface area contributed by atoms with Gasteiger partial charge in [0.25, 0.3) is 0 Å². The Bertz CT molecular complexity index is 425. The third-order valence-corrected chi connectivity index (χ3v) is 3.33. The van der Waals surface area contributed by atoms with Crippen LogP contribution in [0.2, 0.25) is 0 Å². The van der Waals surface area contributed by atoms with Crippen LogP contribution in [0.15, 0.2) is 24.3 Å². The van der Waals surface area contributed by atoms with Crippen LogP contribution in [0.1, 0.15) is 0 Å². The molecule has 1 saturated heterocycles. The number of nitrogens with one attached hydrogen (secondary N) is 1. The van der Waals surface area contributed by atoms with E-state index >= 15 is 0 Å². The lowest BCUT2D eigenvalue weighted by Crippen LogP contribution is -2.61. The highest BCUT2D eigenvalue weighted by molar-refractivity contribution is 5.47. The van der Waals surface area contributed by atoms with Crippen LogP contribution in [0.4, 0.5) is 5.69 Å². The Morgan fingerprint density at radius 1 is 1.15 bits per heavy atom. The fraction of sp³-hybridized carbons (Fsp3) is 0.538. The van der Waals surface area contributed by atoms with E-state index in [2.05, 4.69) is 5.32 Å². The van der Waals surface area contributed by atoms with Crippen molar-refractivity contribution in [3.63, 3.8) is 0 Å². The number of aliphatic hydroxyl groups is 4. The highest BCUT2D eigenvalue weighted by atomic mass is 16.6. The molecule has 1 aromatic rings. The van der Waals surface area contributed by atoms with Gasteiger partial charge < -0.3 is 35.2 Å². The van der Waals surface area contributed by atoms with E-state index in [1.54, 1.807) is 31.4 Å². The van der Waals surface area contributed by atoms with Crippen molar-refractivity contribution in [2.24, 2.45) is 0 Å². The molecule has 0 spiro atoms. The molecule has 0 aromatic heterocycles. The molecule has 0 amide bonds. The van der Waals surface area contributed by atoms with E-state index < -0.39 is 37.3 Å². The van der Waals surface area contributed by atoms with Gasteiger partial charge in [-0.3, -0.25) is 0 Å². The van der Waals surface area contributed by atoms with Crippen LogP contribution < -0.4 is 10.1 Å². The van der Waals surface area contributed by atoms with Crippen LogP contribution in [0.25, 0.3) is 0 Å². The summed E-state index contributed by atoms with van der Waals surface area (Å²) in [5.74, 6) is 0.678. The van der Waals surface area contributed by atoms with Crippen molar-refractivity contribution in [1.29, 1.82) is 0 Å². The van der Waals surface area contributed by atoms with Crippen LogP contribution in [0, 0.1) is 0 Å². The molecule has 7 nitrogen and oxygen atoms in total. The first-order valence-corrected chi connectivity index (χ1v) is 6.28. The average Bonchev–Trinajstić information content (AvgIpc) is 2.48. The molecule has 0 bridgehead atoms. The van der Waals surface area contributed by atoms with Gasteiger partial charge in [0, 0.05) is 5.69 Å². The molecule has 0 aliphatic carbocycles. The van der Waals surface area contributed by atoms with Crippen molar-refractivity contribution >= 4 is 5.69 Å². The van der Waals surface area contributed by atoms with Crippen LogP contribution in [-0.2, 0) is 4.74 Å². The van der Waals surface area contributed by atoms with Crippen LogP contribution >= 0.6 is 0 Å². The second-order valence-electron chi connectivity index (χ2n) is 4.63. The number of ether oxygens (including phenoxy) is 2. The quantitative estimate of drug-likeness (QED) is 0.478. The zero-order chi connectivity index (χ0) is 14.7. The molecule has 7 heteroatoms. The monoisotopic (exact) mass is 285 g/mol. The summed E-state index contributed by atoms with van der Waals surface area (Å²) in [4.78, 5) is 0. The lowest BCUT2D eigenvalue weighted by molar-refractivity contribution is -0.255. The molecule has 0 unspecified atom stereocenters. The third-order valence-electron chi connectivity index (χ3n) is 3.33. The molecular weight excluding hydrogens is 266 g/mol. The van der Waals surface area contributed by atoms with Crippen LogP contribution in [-0.4, -0.2) is 64.8 Å². The molecule has 0 saturated carbocycles. The Labute approximate surface area is 116 Å². The summed E-state index contributed by atoms with van der Waals surface area (Å²) < 4.78 is 9.94. The van der Waals surface area contributed by atoms with Gasteiger partial charge in [0.15, 0.2) is 6.29 Å². The molecule has 5 N–H and O–H groups in total. The summed E-state index contributed by atoms with van der Waals surface area (Å²) in [5.41, 5.74) is 0.639. The smallest absolute Gasteiger partial charge is 0.183 e. The van der Waals surface area contributed by atoms with Crippen molar-refractivity contribution < 1.29 is 29.9 Å². The third kappa shape index (κ3) is 3.02. The van der Waals surface area contributed by atoms with Crippen LogP contribution in [0.5, 0.6) is 5.75 Å². The van der Waals surface area contributed by atoms with E-state index in [9.17, 15) is 15.3 Å². The predicted octanol–water partition coefficient (Wildman–Crippen LogP) is -1.09. The fourth-order valence-corrected chi connectivity index (χ4v) is 2.15. The number of rotatable bonds is 4. The van der Waals surface area contributed by atoms with E-state index in [4.69, 9.17) is 14.6 Å². The number of hydrogen-bond acceptors (Lipinski definition) is 7. The number of anilines is 1. The first-order valence-electron chi connectivity index (χ1n) is 6.28. The van der Waals surface area contributed by atoms with E-state index in [0.29, 0.717) is 11.4 Å². The fourth-order valence-electron chi connectivity index (χ4n) is 2.15. The molecule has 1 aliphatic rings. The Morgan fingerprint density at radius 3 is 2.35 bits per heavy atom. The standard InChI is InChI=1S/C13H19NO6/c1-19-8-4-2-7(3-5-8)14-10-11(16)9(6-15)20-13(18)12(10)17/h2-5,9-18H,6H2,1H3/t9-,10-,11+,12-,13-/m1/s1. The largest absolute Gasteiger partial charge is 0.497 e. The minimum absolute atomic E-state index is 0.453. The SMILES string of the molecule is COc1ccc(N[C@H]2[C@@H](O)[C@H](O)O[C@H](CO)[C@@H]2O)cc1. The lowest BCUT2D eigenvalue weighted by atomic mass is 9.96. The Hall–Kier alpha value is -1.38. The Balaban J connectivity index is 2.11. The number of methoxy groups -OCH3 is 1.